The van der Waals surface area contributed by atoms with E-state index < -0.39 is 16.0 Å². The van der Waals surface area contributed by atoms with E-state index in [1.54, 1.807) is 13.0 Å². The molecule has 0 spiro atoms. The lowest BCUT2D eigenvalue weighted by atomic mass is 10.2. The normalized spacial score (nSPS) is 11.6. The Hall–Kier alpha value is -1.66. The Morgan fingerprint density at radius 1 is 1.24 bits per heavy atom. The summed E-state index contributed by atoms with van der Waals surface area (Å²) in [5, 5.41) is 2.83. The standard InChI is InChI=1S/C15H18FIN4O3S/c1-9-14(18-12-6-5-10(17)7-11(12)16)13(8-21(4)15(9)22)19-25(23,24)20(2)3/h5-8,18-19H,1-4H3. The van der Waals surface area contributed by atoms with Crippen LogP contribution in [0.15, 0.2) is 29.2 Å². The van der Waals surface area contributed by atoms with Gasteiger partial charge in [-0.25, -0.2) is 4.39 Å². The molecule has 7 nitrogen and oxygen atoms in total. The van der Waals surface area contributed by atoms with Crippen LogP contribution in [0.25, 0.3) is 0 Å². The molecular weight excluding hydrogens is 462 g/mol. The van der Waals surface area contributed by atoms with Gasteiger partial charge in [0.25, 0.3) is 5.56 Å². The zero-order valence-electron chi connectivity index (χ0n) is 14.1. The Bertz CT molecular complexity index is 973. The van der Waals surface area contributed by atoms with E-state index in [0.29, 0.717) is 0 Å². The van der Waals surface area contributed by atoms with Crippen molar-refractivity contribution in [2.75, 3.05) is 24.1 Å². The van der Waals surface area contributed by atoms with E-state index in [1.807, 2.05) is 22.6 Å². The fourth-order valence-electron chi connectivity index (χ4n) is 2.08. The lowest BCUT2D eigenvalue weighted by Gasteiger charge is -2.19. The number of nitrogens with zero attached hydrogens (tertiary/aromatic N) is 2. The molecule has 0 fully saturated rings. The molecule has 0 radical (unpaired) electrons. The highest BCUT2D eigenvalue weighted by Gasteiger charge is 2.19. The van der Waals surface area contributed by atoms with Gasteiger partial charge in [-0.3, -0.25) is 9.52 Å². The van der Waals surface area contributed by atoms with Gasteiger partial charge in [0.1, 0.15) is 5.82 Å². The third kappa shape index (κ3) is 4.30. The number of aromatic nitrogens is 1. The van der Waals surface area contributed by atoms with Gasteiger partial charge >= 0.3 is 10.2 Å². The summed E-state index contributed by atoms with van der Waals surface area (Å²) < 4.78 is 43.8. The van der Waals surface area contributed by atoms with E-state index in [1.165, 1.54) is 44.0 Å². The van der Waals surface area contributed by atoms with Gasteiger partial charge in [-0.2, -0.15) is 12.7 Å². The van der Waals surface area contributed by atoms with Crippen LogP contribution in [0.3, 0.4) is 0 Å². The average Bonchev–Trinajstić information content (AvgIpc) is 2.50. The minimum absolute atomic E-state index is 0.141. The second-order valence-corrected chi connectivity index (χ2v) is 8.73. The van der Waals surface area contributed by atoms with E-state index in [-0.39, 0.29) is 28.2 Å². The molecule has 0 bridgehead atoms. The molecule has 0 aliphatic carbocycles. The van der Waals surface area contributed by atoms with Gasteiger partial charge in [-0.15, -0.1) is 0 Å². The van der Waals surface area contributed by atoms with Crippen LogP contribution in [0.1, 0.15) is 5.56 Å². The molecule has 0 unspecified atom stereocenters. The monoisotopic (exact) mass is 480 g/mol. The summed E-state index contributed by atoms with van der Waals surface area (Å²) in [4.78, 5) is 12.2. The Morgan fingerprint density at radius 2 is 1.88 bits per heavy atom. The molecule has 0 saturated heterocycles. The van der Waals surface area contributed by atoms with Crippen LogP contribution in [0.4, 0.5) is 21.5 Å². The van der Waals surface area contributed by atoms with E-state index in [9.17, 15) is 17.6 Å². The lowest BCUT2D eigenvalue weighted by molar-refractivity contribution is 0.526. The molecule has 136 valence electrons. The zero-order chi connectivity index (χ0) is 18.9. The SMILES string of the molecule is Cc1c(Nc2ccc(I)cc2F)c(NS(=O)(=O)N(C)C)cn(C)c1=O. The van der Waals surface area contributed by atoms with Gasteiger partial charge in [-0.05, 0) is 47.7 Å². The molecule has 0 aliphatic heterocycles. The fourth-order valence-corrected chi connectivity index (χ4v) is 3.15. The molecule has 1 aromatic carbocycles. The summed E-state index contributed by atoms with van der Waals surface area (Å²) in [7, 11) is 0.472. The molecule has 10 heteroatoms. The molecule has 1 aromatic heterocycles. The first-order chi connectivity index (χ1) is 11.5. The first-order valence-corrected chi connectivity index (χ1v) is 9.67. The Morgan fingerprint density at radius 3 is 2.44 bits per heavy atom. The highest BCUT2D eigenvalue weighted by molar-refractivity contribution is 14.1. The quantitative estimate of drug-likeness (QED) is 0.645. The van der Waals surface area contributed by atoms with Crippen molar-refractivity contribution in [2.45, 2.75) is 6.92 Å². The maximum absolute atomic E-state index is 14.1. The van der Waals surface area contributed by atoms with Crippen LogP contribution in [0.5, 0.6) is 0 Å². The van der Waals surface area contributed by atoms with Gasteiger partial charge in [0.15, 0.2) is 0 Å². The van der Waals surface area contributed by atoms with Crippen LogP contribution >= 0.6 is 22.6 Å². The van der Waals surface area contributed by atoms with Crippen molar-refractivity contribution >= 4 is 49.9 Å². The van der Waals surface area contributed by atoms with Crippen molar-refractivity contribution < 1.29 is 12.8 Å². The molecule has 1 heterocycles. The number of aryl methyl sites for hydroxylation is 1. The van der Waals surface area contributed by atoms with Gasteiger partial charge in [-0.1, -0.05) is 0 Å². The predicted molar refractivity (Wildman–Crippen MR) is 105 cm³/mol. The highest BCUT2D eigenvalue weighted by atomic mass is 127. The lowest BCUT2D eigenvalue weighted by Crippen LogP contribution is -2.30. The summed E-state index contributed by atoms with van der Waals surface area (Å²) in [6.45, 7) is 1.54. The third-order valence-electron chi connectivity index (χ3n) is 3.52. The Labute approximate surface area is 159 Å². The molecule has 0 aliphatic rings. The van der Waals surface area contributed by atoms with Crippen molar-refractivity contribution in [1.29, 1.82) is 0 Å². The fraction of sp³-hybridized carbons (Fsp3) is 0.267. The molecule has 25 heavy (non-hydrogen) atoms. The van der Waals surface area contributed by atoms with Gasteiger partial charge in [0.2, 0.25) is 0 Å². The summed E-state index contributed by atoms with van der Waals surface area (Å²) in [6.07, 6.45) is 1.35. The highest BCUT2D eigenvalue weighted by Crippen LogP contribution is 2.29. The molecule has 2 N–H and O–H groups in total. The molecule has 2 aromatic rings. The number of hydrogen-bond donors (Lipinski definition) is 2. The number of hydrogen-bond acceptors (Lipinski definition) is 4. The maximum Gasteiger partial charge on any atom is 0.301 e. The largest absolute Gasteiger partial charge is 0.351 e. The second-order valence-electron chi connectivity index (χ2n) is 5.60. The molecule has 0 amide bonds. The van der Waals surface area contributed by atoms with Crippen molar-refractivity contribution in [3.05, 3.63) is 49.7 Å². The van der Waals surface area contributed by atoms with Crippen LogP contribution in [-0.2, 0) is 17.3 Å². The third-order valence-corrected chi connectivity index (χ3v) is 5.63. The van der Waals surface area contributed by atoms with Crippen LogP contribution in [-0.4, -0.2) is 31.4 Å². The van der Waals surface area contributed by atoms with Crippen molar-refractivity contribution in [3.8, 4) is 0 Å². The summed E-state index contributed by atoms with van der Waals surface area (Å²) >= 11 is 1.98. The van der Waals surface area contributed by atoms with Crippen LogP contribution in [0.2, 0.25) is 0 Å². The second kappa shape index (κ2) is 7.30. The number of rotatable bonds is 5. The zero-order valence-corrected chi connectivity index (χ0v) is 17.1. The van der Waals surface area contributed by atoms with E-state index in [4.69, 9.17) is 0 Å². The first-order valence-electron chi connectivity index (χ1n) is 7.15. The predicted octanol–water partition coefficient (Wildman–Crippen LogP) is 2.40. The minimum Gasteiger partial charge on any atom is -0.351 e. The summed E-state index contributed by atoms with van der Waals surface area (Å²) in [5.41, 5.74) is 0.433. The molecule has 2 rings (SSSR count). The van der Waals surface area contributed by atoms with Crippen LogP contribution < -0.4 is 15.6 Å². The first kappa shape index (κ1) is 19.7. The van der Waals surface area contributed by atoms with Gasteiger partial charge in [0, 0.05) is 36.5 Å². The number of nitrogens with one attached hydrogen (secondary N) is 2. The van der Waals surface area contributed by atoms with Crippen molar-refractivity contribution in [1.82, 2.24) is 8.87 Å². The number of benzene rings is 1. The average molecular weight is 480 g/mol. The summed E-state index contributed by atoms with van der Waals surface area (Å²) in [5.74, 6) is -0.506. The van der Waals surface area contributed by atoms with Crippen LogP contribution in [0, 0.1) is 16.3 Å². The molecular formula is C15H18FIN4O3S. The van der Waals surface area contributed by atoms with Gasteiger partial charge in [0.05, 0.1) is 17.1 Å². The Balaban J connectivity index is 2.59. The summed E-state index contributed by atoms with van der Waals surface area (Å²) in [6, 6.07) is 4.56. The van der Waals surface area contributed by atoms with E-state index in [2.05, 4.69) is 10.0 Å². The molecule has 0 saturated carbocycles. The number of halogens is 2. The number of pyridine rings is 1. The molecule has 0 atom stereocenters. The van der Waals surface area contributed by atoms with Crippen molar-refractivity contribution in [2.24, 2.45) is 7.05 Å². The van der Waals surface area contributed by atoms with Crippen molar-refractivity contribution in [3.63, 3.8) is 0 Å². The minimum atomic E-state index is -3.80. The van der Waals surface area contributed by atoms with E-state index >= 15 is 0 Å². The Kier molecular flexibility index (Phi) is 5.74. The number of anilines is 3. The smallest absolute Gasteiger partial charge is 0.301 e. The maximum atomic E-state index is 14.1. The van der Waals surface area contributed by atoms with Gasteiger partial charge < -0.3 is 9.88 Å². The van der Waals surface area contributed by atoms with E-state index in [0.717, 1.165) is 7.88 Å². The topological polar surface area (TPSA) is 83.4 Å².